The standard InChI is InChI=1S/C10H7FINO2/c1-15-7-4-5-2-3-6(11)9(12)8(5)10(14)13-7/h2-4H,1H3,(H,13,14). The molecule has 0 atom stereocenters. The number of benzene rings is 1. The highest BCUT2D eigenvalue weighted by atomic mass is 127. The number of hydrogen-bond acceptors (Lipinski definition) is 2. The van der Waals surface area contributed by atoms with Gasteiger partial charge in [0, 0.05) is 6.07 Å². The van der Waals surface area contributed by atoms with Gasteiger partial charge in [-0.1, -0.05) is 6.07 Å². The van der Waals surface area contributed by atoms with Gasteiger partial charge < -0.3 is 4.74 Å². The van der Waals surface area contributed by atoms with Crippen LogP contribution in [0.5, 0.6) is 5.88 Å². The molecule has 15 heavy (non-hydrogen) atoms. The van der Waals surface area contributed by atoms with Gasteiger partial charge in [-0.3, -0.25) is 9.78 Å². The summed E-state index contributed by atoms with van der Waals surface area (Å²) in [6, 6.07) is 4.56. The molecular weight excluding hydrogens is 312 g/mol. The fourth-order valence-electron chi connectivity index (χ4n) is 1.38. The third-order valence-corrected chi connectivity index (χ3v) is 3.15. The molecule has 0 amide bonds. The van der Waals surface area contributed by atoms with E-state index in [1.807, 2.05) is 22.6 Å². The van der Waals surface area contributed by atoms with E-state index in [0.29, 0.717) is 20.2 Å². The Morgan fingerprint density at radius 3 is 2.87 bits per heavy atom. The predicted octanol–water partition coefficient (Wildman–Crippen LogP) is 2.28. The zero-order valence-corrected chi connectivity index (χ0v) is 9.96. The van der Waals surface area contributed by atoms with Gasteiger partial charge in [-0.25, -0.2) is 4.39 Å². The zero-order chi connectivity index (χ0) is 11.0. The van der Waals surface area contributed by atoms with Crippen molar-refractivity contribution in [1.29, 1.82) is 0 Å². The predicted molar refractivity (Wildman–Crippen MR) is 63.8 cm³/mol. The number of aromatic amines is 1. The van der Waals surface area contributed by atoms with E-state index in [1.165, 1.54) is 13.2 Å². The molecule has 1 N–H and O–H groups in total. The SMILES string of the molecule is COc1cc2ccc(F)c(I)c2c(=O)[nH]1. The average Bonchev–Trinajstić information content (AvgIpc) is 2.23. The number of ether oxygens (including phenoxy) is 1. The van der Waals surface area contributed by atoms with E-state index in [-0.39, 0.29) is 5.56 Å². The van der Waals surface area contributed by atoms with Crippen molar-refractivity contribution in [2.75, 3.05) is 7.11 Å². The molecular formula is C10H7FINO2. The van der Waals surface area contributed by atoms with Crippen LogP contribution in [-0.2, 0) is 0 Å². The second-order valence-corrected chi connectivity index (χ2v) is 4.07. The minimum Gasteiger partial charge on any atom is -0.482 e. The van der Waals surface area contributed by atoms with E-state index >= 15 is 0 Å². The fourth-order valence-corrected chi connectivity index (χ4v) is 2.11. The number of hydrogen-bond donors (Lipinski definition) is 1. The van der Waals surface area contributed by atoms with Crippen molar-refractivity contribution in [3.63, 3.8) is 0 Å². The van der Waals surface area contributed by atoms with Crippen LogP contribution in [0.15, 0.2) is 23.0 Å². The zero-order valence-electron chi connectivity index (χ0n) is 7.80. The quantitative estimate of drug-likeness (QED) is 0.820. The van der Waals surface area contributed by atoms with Crippen LogP contribution < -0.4 is 10.3 Å². The summed E-state index contributed by atoms with van der Waals surface area (Å²) in [5.41, 5.74) is -0.340. The van der Waals surface area contributed by atoms with Crippen LogP contribution >= 0.6 is 22.6 Å². The lowest BCUT2D eigenvalue weighted by molar-refractivity contribution is 0.397. The van der Waals surface area contributed by atoms with Crippen molar-refractivity contribution in [1.82, 2.24) is 4.98 Å². The lowest BCUT2D eigenvalue weighted by atomic mass is 10.2. The van der Waals surface area contributed by atoms with Gasteiger partial charge in [0.1, 0.15) is 5.82 Å². The molecule has 0 unspecified atom stereocenters. The minimum atomic E-state index is -0.390. The first kappa shape index (κ1) is 10.4. The Morgan fingerprint density at radius 2 is 2.20 bits per heavy atom. The van der Waals surface area contributed by atoms with Gasteiger partial charge in [0.25, 0.3) is 5.56 Å². The van der Waals surface area contributed by atoms with Crippen LogP contribution in [0.1, 0.15) is 0 Å². The Morgan fingerprint density at radius 1 is 1.47 bits per heavy atom. The van der Waals surface area contributed by atoms with Crippen molar-refractivity contribution in [3.8, 4) is 5.88 Å². The summed E-state index contributed by atoms with van der Waals surface area (Å²) in [4.78, 5) is 14.1. The van der Waals surface area contributed by atoms with Gasteiger partial charge in [-0.05, 0) is 34.0 Å². The smallest absolute Gasteiger partial charge is 0.259 e. The van der Waals surface area contributed by atoms with Gasteiger partial charge in [0.2, 0.25) is 0 Å². The Bertz CT molecular complexity index is 579. The first-order valence-corrected chi connectivity index (χ1v) is 5.26. The highest BCUT2D eigenvalue weighted by molar-refractivity contribution is 14.1. The maximum absolute atomic E-state index is 13.2. The number of fused-ring (bicyclic) bond motifs is 1. The molecule has 0 radical (unpaired) electrons. The molecule has 0 saturated heterocycles. The van der Waals surface area contributed by atoms with E-state index in [9.17, 15) is 9.18 Å². The molecule has 1 heterocycles. The van der Waals surface area contributed by atoms with Crippen molar-refractivity contribution < 1.29 is 9.13 Å². The third-order valence-electron chi connectivity index (χ3n) is 2.10. The number of pyridine rings is 1. The first-order chi connectivity index (χ1) is 7.13. The van der Waals surface area contributed by atoms with Crippen LogP contribution in [0.4, 0.5) is 4.39 Å². The summed E-state index contributed by atoms with van der Waals surface area (Å²) >= 11 is 1.82. The number of halogens is 2. The second-order valence-electron chi connectivity index (χ2n) is 2.99. The van der Waals surface area contributed by atoms with Crippen LogP contribution in [-0.4, -0.2) is 12.1 Å². The maximum atomic E-state index is 13.2. The molecule has 0 fully saturated rings. The van der Waals surface area contributed by atoms with E-state index in [4.69, 9.17) is 4.74 Å². The van der Waals surface area contributed by atoms with Gasteiger partial charge in [-0.15, -0.1) is 0 Å². The van der Waals surface area contributed by atoms with E-state index in [2.05, 4.69) is 4.98 Å². The van der Waals surface area contributed by atoms with Crippen LogP contribution in [0.25, 0.3) is 10.8 Å². The fraction of sp³-hybridized carbons (Fsp3) is 0.100. The summed E-state index contributed by atoms with van der Waals surface area (Å²) in [6.07, 6.45) is 0. The van der Waals surface area contributed by atoms with E-state index in [1.54, 1.807) is 12.1 Å². The minimum absolute atomic E-state index is 0.328. The van der Waals surface area contributed by atoms with Crippen molar-refractivity contribution in [2.45, 2.75) is 0 Å². The summed E-state index contributed by atoms with van der Waals surface area (Å²) in [5, 5.41) is 1.03. The van der Waals surface area contributed by atoms with Crippen molar-refractivity contribution in [3.05, 3.63) is 37.9 Å². The summed E-state index contributed by atoms with van der Waals surface area (Å²) < 4.78 is 18.5. The first-order valence-electron chi connectivity index (χ1n) is 4.18. The Balaban J connectivity index is 2.92. The molecule has 0 bridgehead atoms. The van der Waals surface area contributed by atoms with Gasteiger partial charge in [-0.2, -0.15) is 0 Å². The number of methoxy groups -OCH3 is 1. The number of rotatable bonds is 1. The molecule has 0 aliphatic rings. The maximum Gasteiger partial charge on any atom is 0.259 e. The molecule has 2 aromatic rings. The number of aromatic nitrogens is 1. The molecule has 78 valence electrons. The van der Waals surface area contributed by atoms with Crippen molar-refractivity contribution in [2.24, 2.45) is 0 Å². The number of H-pyrrole nitrogens is 1. The normalized spacial score (nSPS) is 10.6. The molecule has 2 rings (SSSR count). The molecule has 0 aliphatic carbocycles. The molecule has 0 aliphatic heterocycles. The van der Waals surface area contributed by atoms with E-state index in [0.717, 1.165) is 0 Å². The van der Waals surface area contributed by atoms with Gasteiger partial charge in [0.05, 0.1) is 16.1 Å². The lowest BCUT2D eigenvalue weighted by Gasteiger charge is -2.04. The molecule has 1 aromatic carbocycles. The average molecular weight is 319 g/mol. The van der Waals surface area contributed by atoms with E-state index < -0.39 is 5.82 Å². The highest BCUT2D eigenvalue weighted by Gasteiger charge is 2.09. The Labute approximate surface area is 98.4 Å². The van der Waals surface area contributed by atoms with Gasteiger partial charge >= 0.3 is 0 Å². The Kier molecular flexibility index (Phi) is 2.64. The van der Waals surface area contributed by atoms with Crippen LogP contribution in [0.2, 0.25) is 0 Å². The molecule has 1 aromatic heterocycles. The summed E-state index contributed by atoms with van der Waals surface area (Å²) in [5.74, 6) is -0.0197. The third kappa shape index (κ3) is 1.71. The van der Waals surface area contributed by atoms with Crippen molar-refractivity contribution >= 4 is 33.4 Å². The summed E-state index contributed by atoms with van der Waals surface area (Å²) in [6.45, 7) is 0. The second kappa shape index (κ2) is 3.80. The molecule has 0 saturated carbocycles. The summed E-state index contributed by atoms with van der Waals surface area (Å²) in [7, 11) is 1.46. The van der Waals surface area contributed by atoms with Crippen LogP contribution in [0, 0.1) is 9.39 Å². The monoisotopic (exact) mass is 319 g/mol. The lowest BCUT2D eigenvalue weighted by Crippen LogP contribution is -2.09. The van der Waals surface area contributed by atoms with Gasteiger partial charge in [0.15, 0.2) is 5.88 Å². The largest absolute Gasteiger partial charge is 0.482 e. The number of nitrogens with one attached hydrogen (secondary N) is 1. The van der Waals surface area contributed by atoms with Crippen LogP contribution in [0.3, 0.4) is 0 Å². The molecule has 3 nitrogen and oxygen atoms in total. The molecule has 0 spiro atoms. The molecule has 5 heteroatoms. The highest BCUT2D eigenvalue weighted by Crippen LogP contribution is 2.22. The topological polar surface area (TPSA) is 42.1 Å². The Hall–Kier alpha value is -1.11.